The molecule has 0 aliphatic heterocycles. The number of carbonyl (C=O) groups is 1. The summed E-state index contributed by atoms with van der Waals surface area (Å²) in [6, 6.07) is 2.63. The van der Waals surface area contributed by atoms with Gasteiger partial charge in [0.25, 0.3) is 0 Å². The van der Waals surface area contributed by atoms with Crippen molar-refractivity contribution in [2.24, 2.45) is 0 Å². The van der Waals surface area contributed by atoms with E-state index in [0.29, 0.717) is 11.7 Å². The third-order valence-electron chi connectivity index (χ3n) is 2.52. The van der Waals surface area contributed by atoms with E-state index in [1.807, 2.05) is 0 Å². The van der Waals surface area contributed by atoms with Crippen LogP contribution in [-0.4, -0.2) is 25.8 Å². The largest absolute Gasteiger partial charge is 0.478 e. The smallest absolute Gasteiger partial charge is 0.343 e. The topological polar surface area (TPSA) is 88.0 Å². The number of aromatic nitrogens is 3. The molecule has 0 fully saturated rings. The average Bonchev–Trinajstić information content (AvgIpc) is 2.75. The molecule has 0 aliphatic rings. The quantitative estimate of drug-likeness (QED) is 0.872. The lowest BCUT2D eigenvalue weighted by Gasteiger charge is -2.06. The van der Waals surface area contributed by atoms with Crippen LogP contribution in [0, 0.1) is 5.82 Å². The standard InChI is InChI=1S/C11H9BrFN3O3S/c1-2-16-10(19)14-15-11(16)20-6-4-3-5(9(17)18)7(12)8(6)13/h3-4H,2H2,1H3,(H,14,19)(H,17,18). The number of aromatic amines is 1. The second kappa shape index (κ2) is 5.80. The van der Waals surface area contributed by atoms with E-state index in [0.717, 1.165) is 11.8 Å². The predicted octanol–water partition coefficient (Wildman–Crippen LogP) is 2.34. The van der Waals surface area contributed by atoms with Crippen LogP contribution in [0.1, 0.15) is 17.3 Å². The molecule has 0 atom stereocenters. The first kappa shape index (κ1) is 14.8. The summed E-state index contributed by atoms with van der Waals surface area (Å²) in [6.45, 7) is 2.16. The molecule has 0 unspecified atom stereocenters. The molecule has 2 aromatic rings. The Balaban J connectivity index is 2.42. The van der Waals surface area contributed by atoms with Gasteiger partial charge in [0.05, 0.1) is 14.9 Å². The van der Waals surface area contributed by atoms with Crippen molar-refractivity contribution in [1.82, 2.24) is 14.8 Å². The predicted molar refractivity (Wildman–Crippen MR) is 73.7 cm³/mol. The summed E-state index contributed by atoms with van der Waals surface area (Å²) >= 11 is 3.86. The first-order valence-corrected chi connectivity index (χ1v) is 7.11. The Morgan fingerprint density at radius 1 is 1.60 bits per heavy atom. The summed E-state index contributed by atoms with van der Waals surface area (Å²) in [4.78, 5) is 22.5. The number of carboxylic acids is 1. The summed E-state index contributed by atoms with van der Waals surface area (Å²) in [5.41, 5.74) is -0.543. The van der Waals surface area contributed by atoms with Crippen molar-refractivity contribution in [3.63, 3.8) is 0 Å². The number of hydrogen-bond donors (Lipinski definition) is 2. The van der Waals surface area contributed by atoms with Crippen molar-refractivity contribution in [3.05, 3.63) is 38.5 Å². The van der Waals surface area contributed by atoms with Crippen molar-refractivity contribution in [2.75, 3.05) is 0 Å². The number of nitrogens with one attached hydrogen (secondary N) is 1. The fourth-order valence-corrected chi connectivity index (χ4v) is 3.12. The summed E-state index contributed by atoms with van der Waals surface area (Å²) in [7, 11) is 0. The maximum absolute atomic E-state index is 14.1. The Morgan fingerprint density at radius 3 is 2.90 bits per heavy atom. The molecule has 0 radical (unpaired) electrons. The third-order valence-corrected chi connectivity index (χ3v) is 4.32. The van der Waals surface area contributed by atoms with Gasteiger partial charge in [0.2, 0.25) is 0 Å². The summed E-state index contributed by atoms with van der Waals surface area (Å²) < 4.78 is 15.3. The molecule has 0 bridgehead atoms. The van der Waals surface area contributed by atoms with E-state index in [-0.39, 0.29) is 20.6 Å². The zero-order valence-electron chi connectivity index (χ0n) is 10.2. The summed E-state index contributed by atoms with van der Waals surface area (Å²) in [6.07, 6.45) is 0. The maximum atomic E-state index is 14.1. The molecule has 1 aromatic carbocycles. The Kier molecular flexibility index (Phi) is 4.29. The minimum absolute atomic E-state index is 0.129. The van der Waals surface area contributed by atoms with Gasteiger partial charge in [-0.3, -0.25) is 4.57 Å². The number of aromatic carboxylic acids is 1. The van der Waals surface area contributed by atoms with Gasteiger partial charge in [-0.25, -0.2) is 19.1 Å². The van der Waals surface area contributed by atoms with Crippen LogP contribution in [0.4, 0.5) is 4.39 Å². The van der Waals surface area contributed by atoms with Crippen LogP contribution in [-0.2, 0) is 6.54 Å². The second-order valence-corrected chi connectivity index (χ2v) is 5.50. The van der Waals surface area contributed by atoms with Crippen LogP contribution >= 0.6 is 27.7 Å². The van der Waals surface area contributed by atoms with Crippen LogP contribution in [0.15, 0.2) is 31.5 Å². The van der Waals surface area contributed by atoms with E-state index in [1.165, 1.54) is 16.7 Å². The molecule has 0 saturated carbocycles. The van der Waals surface area contributed by atoms with Gasteiger partial charge < -0.3 is 5.11 Å². The fraction of sp³-hybridized carbons (Fsp3) is 0.182. The number of halogens is 2. The van der Waals surface area contributed by atoms with Gasteiger partial charge in [-0.15, -0.1) is 5.10 Å². The van der Waals surface area contributed by atoms with Gasteiger partial charge in [0.1, 0.15) is 0 Å². The van der Waals surface area contributed by atoms with Crippen LogP contribution < -0.4 is 5.69 Å². The zero-order valence-corrected chi connectivity index (χ0v) is 12.6. The molecule has 0 aliphatic carbocycles. The molecule has 0 spiro atoms. The van der Waals surface area contributed by atoms with Crippen molar-refractivity contribution >= 4 is 33.7 Å². The molecule has 0 amide bonds. The minimum Gasteiger partial charge on any atom is -0.478 e. The van der Waals surface area contributed by atoms with E-state index in [9.17, 15) is 14.0 Å². The van der Waals surface area contributed by atoms with Crippen LogP contribution in [0.25, 0.3) is 0 Å². The van der Waals surface area contributed by atoms with E-state index in [4.69, 9.17) is 5.11 Å². The SMILES string of the molecule is CCn1c(Sc2ccc(C(=O)O)c(Br)c2F)n[nH]c1=O. The van der Waals surface area contributed by atoms with E-state index in [1.54, 1.807) is 6.92 Å². The molecule has 1 heterocycles. The Labute approximate surface area is 125 Å². The molecule has 2 rings (SSSR count). The molecule has 6 nitrogen and oxygen atoms in total. The summed E-state index contributed by atoms with van der Waals surface area (Å²) in [5, 5.41) is 15.3. The third kappa shape index (κ3) is 2.63. The number of H-pyrrole nitrogens is 1. The van der Waals surface area contributed by atoms with Crippen LogP contribution in [0.3, 0.4) is 0 Å². The molecular formula is C11H9BrFN3O3S. The van der Waals surface area contributed by atoms with E-state index >= 15 is 0 Å². The highest BCUT2D eigenvalue weighted by Crippen LogP contribution is 2.33. The Morgan fingerprint density at radius 2 is 2.30 bits per heavy atom. The first-order valence-electron chi connectivity index (χ1n) is 5.50. The van der Waals surface area contributed by atoms with Gasteiger partial charge in [0.15, 0.2) is 11.0 Å². The van der Waals surface area contributed by atoms with E-state index < -0.39 is 11.8 Å². The van der Waals surface area contributed by atoms with Gasteiger partial charge in [-0.1, -0.05) is 0 Å². The maximum Gasteiger partial charge on any atom is 0.343 e. The van der Waals surface area contributed by atoms with Gasteiger partial charge in [0, 0.05) is 6.54 Å². The van der Waals surface area contributed by atoms with Gasteiger partial charge in [-0.05, 0) is 46.7 Å². The molecular weight excluding hydrogens is 353 g/mol. The highest BCUT2D eigenvalue weighted by molar-refractivity contribution is 9.10. The molecule has 0 saturated heterocycles. The number of carboxylic acid groups (broad SMARTS) is 1. The van der Waals surface area contributed by atoms with Crippen molar-refractivity contribution in [3.8, 4) is 0 Å². The monoisotopic (exact) mass is 361 g/mol. The highest BCUT2D eigenvalue weighted by atomic mass is 79.9. The molecule has 20 heavy (non-hydrogen) atoms. The molecule has 9 heteroatoms. The van der Waals surface area contributed by atoms with Crippen molar-refractivity contribution in [2.45, 2.75) is 23.5 Å². The normalized spacial score (nSPS) is 10.8. The minimum atomic E-state index is -1.22. The Hall–Kier alpha value is -1.61. The van der Waals surface area contributed by atoms with Crippen molar-refractivity contribution < 1.29 is 14.3 Å². The molecule has 106 valence electrons. The molecule has 2 N–H and O–H groups in total. The first-order chi connectivity index (χ1) is 9.45. The van der Waals surface area contributed by atoms with Gasteiger partial charge >= 0.3 is 11.7 Å². The highest BCUT2D eigenvalue weighted by Gasteiger charge is 2.18. The number of rotatable bonds is 4. The van der Waals surface area contributed by atoms with E-state index in [2.05, 4.69) is 26.1 Å². The number of hydrogen-bond acceptors (Lipinski definition) is 4. The zero-order chi connectivity index (χ0) is 14.9. The Bertz CT molecular complexity index is 728. The van der Waals surface area contributed by atoms with Crippen molar-refractivity contribution in [1.29, 1.82) is 0 Å². The van der Waals surface area contributed by atoms with Crippen LogP contribution in [0.5, 0.6) is 0 Å². The summed E-state index contributed by atoms with van der Waals surface area (Å²) in [5.74, 6) is -1.93. The van der Waals surface area contributed by atoms with Gasteiger partial charge in [-0.2, -0.15) is 0 Å². The lowest BCUT2D eigenvalue weighted by molar-refractivity contribution is 0.0695. The number of nitrogens with zero attached hydrogens (tertiary/aromatic N) is 2. The number of benzene rings is 1. The lowest BCUT2D eigenvalue weighted by Crippen LogP contribution is -2.16. The lowest BCUT2D eigenvalue weighted by atomic mass is 10.2. The second-order valence-electron chi connectivity index (χ2n) is 3.70. The molecule has 1 aromatic heterocycles. The van der Waals surface area contributed by atoms with Crippen LogP contribution in [0.2, 0.25) is 0 Å². The average molecular weight is 362 g/mol. The fourth-order valence-electron chi connectivity index (χ4n) is 1.53.